The van der Waals surface area contributed by atoms with Gasteiger partial charge in [0.05, 0.1) is 18.1 Å². The Hall–Kier alpha value is -1.27. The lowest BCUT2D eigenvalue weighted by molar-refractivity contribution is 0.297. The van der Waals surface area contributed by atoms with E-state index in [9.17, 15) is 8.42 Å². The van der Waals surface area contributed by atoms with E-state index in [0.29, 0.717) is 24.7 Å². The van der Waals surface area contributed by atoms with Crippen molar-refractivity contribution in [3.8, 4) is 11.5 Å². The first-order valence-corrected chi connectivity index (χ1v) is 8.55. The molecule has 5 nitrogen and oxygen atoms in total. The van der Waals surface area contributed by atoms with E-state index < -0.39 is 10.0 Å². The first-order valence-electron chi connectivity index (χ1n) is 7.07. The van der Waals surface area contributed by atoms with Crippen LogP contribution in [0.4, 0.5) is 0 Å². The van der Waals surface area contributed by atoms with Crippen LogP contribution in [-0.4, -0.2) is 27.7 Å². The van der Waals surface area contributed by atoms with Crippen LogP contribution in [0.25, 0.3) is 0 Å². The van der Waals surface area contributed by atoms with Crippen molar-refractivity contribution >= 4 is 10.0 Å². The average molecular weight is 297 g/mol. The minimum atomic E-state index is -3.47. The normalized spacial score (nSPS) is 19.8. The zero-order chi connectivity index (χ0) is 14.0. The largest absolute Gasteiger partial charge is 0.490 e. The molecule has 0 amide bonds. The Morgan fingerprint density at radius 3 is 2.45 bits per heavy atom. The fraction of sp³-hybridized carbons (Fsp3) is 0.571. The van der Waals surface area contributed by atoms with Crippen molar-refractivity contribution in [3.63, 3.8) is 0 Å². The van der Waals surface area contributed by atoms with E-state index in [1.54, 1.807) is 18.2 Å². The second-order valence-electron chi connectivity index (χ2n) is 5.26. The zero-order valence-corrected chi connectivity index (χ0v) is 12.1. The van der Waals surface area contributed by atoms with Crippen molar-refractivity contribution < 1.29 is 17.9 Å². The number of rotatable bonds is 3. The summed E-state index contributed by atoms with van der Waals surface area (Å²) < 4.78 is 38.5. The summed E-state index contributed by atoms with van der Waals surface area (Å²) in [6, 6.07) is 4.86. The molecule has 0 aromatic heterocycles. The molecule has 2 aliphatic rings. The van der Waals surface area contributed by atoms with E-state index in [0.717, 1.165) is 32.1 Å². The van der Waals surface area contributed by atoms with Gasteiger partial charge in [-0.15, -0.1) is 0 Å². The smallest absolute Gasteiger partial charge is 0.240 e. The van der Waals surface area contributed by atoms with E-state index in [2.05, 4.69) is 4.72 Å². The minimum absolute atomic E-state index is 0.0657. The molecule has 110 valence electrons. The third-order valence-electron chi connectivity index (χ3n) is 3.71. The Balaban J connectivity index is 1.83. The summed E-state index contributed by atoms with van der Waals surface area (Å²) in [5, 5.41) is 0. The van der Waals surface area contributed by atoms with E-state index in [1.165, 1.54) is 0 Å². The van der Waals surface area contributed by atoms with Crippen LogP contribution in [-0.2, 0) is 10.0 Å². The van der Waals surface area contributed by atoms with Crippen LogP contribution < -0.4 is 14.2 Å². The van der Waals surface area contributed by atoms with Crippen LogP contribution in [0.15, 0.2) is 23.1 Å². The maximum absolute atomic E-state index is 12.4. The van der Waals surface area contributed by atoms with Gasteiger partial charge in [0.1, 0.15) is 0 Å². The molecule has 0 saturated heterocycles. The SMILES string of the molecule is O=S(=O)(NC1CCCC1)c1ccc2c(c1)OCCCO2. The van der Waals surface area contributed by atoms with Crippen LogP contribution in [0, 0.1) is 0 Å². The highest BCUT2D eigenvalue weighted by Gasteiger charge is 2.24. The molecule has 0 bridgehead atoms. The van der Waals surface area contributed by atoms with Crippen molar-refractivity contribution in [1.82, 2.24) is 4.72 Å². The summed E-state index contributed by atoms with van der Waals surface area (Å²) in [7, 11) is -3.47. The second kappa shape index (κ2) is 5.61. The lowest BCUT2D eigenvalue weighted by Gasteiger charge is -2.14. The number of hydrogen-bond acceptors (Lipinski definition) is 4. The fourth-order valence-corrected chi connectivity index (χ4v) is 3.96. The van der Waals surface area contributed by atoms with Gasteiger partial charge in [-0.25, -0.2) is 13.1 Å². The Morgan fingerprint density at radius 1 is 1.00 bits per heavy atom. The second-order valence-corrected chi connectivity index (χ2v) is 6.98. The Kier molecular flexibility index (Phi) is 3.85. The molecule has 1 heterocycles. The highest BCUT2D eigenvalue weighted by molar-refractivity contribution is 7.89. The monoisotopic (exact) mass is 297 g/mol. The van der Waals surface area contributed by atoms with Crippen LogP contribution in [0.2, 0.25) is 0 Å². The number of ether oxygens (including phenoxy) is 2. The Morgan fingerprint density at radius 2 is 1.70 bits per heavy atom. The van der Waals surface area contributed by atoms with Gasteiger partial charge in [-0.2, -0.15) is 0 Å². The molecule has 1 saturated carbocycles. The van der Waals surface area contributed by atoms with Gasteiger partial charge >= 0.3 is 0 Å². The lowest BCUT2D eigenvalue weighted by Crippen LogP contribution is -2.32. The van der Waals surface area contributed by atoms with Gasteiger partial charge in [0.25, 0.3) is 0 Å². The molecule has 1 N–H and O–H groups in total. The van der Waals surface area contributed by atoms with Crippen molar-refractivity contribution in [2.75, 3.05) is 13.2 Å². The molecular weight excluding hydrogens is 278 g/mol. The molecule has 1 aromatic carbocycles. The third kappa shape index (κ3) is 2.91. The standard InChI is InChI=1S/C14H19NO4S/c16-20(17,15-11-4-1-2-5-11)12-6-7-13-14(10-12)19-9-3-8-18-13/h6-7,10-11,15H,1-5,8-9H2. The topological polar surface area (TPSA) is 64.6 Å². The predicted molar refractivity (Wildman–Crippen MR) is 74.6 cm³/mol. The van der Waals surface area contributed by atoms with Crippen LogP contribution >= 0.6 is 0 Å². The molecule has 1 aromatic rings. The maximum atomic E-state index is 12.4. The van der Waals surface area contributed by atoms with Gasteiger partial charge < -0.3 is 9.47 Å². The van der Waals surface area contributed by atoms with Gasteiger partial charge in [0.15, 0.2) is 11.5 Å². The van der Waals surface area contributed by atoms with Crippen LogP contribution in [0.5, 0.6) is 11.5 Å². The maximum Gasteiger partial charge on any atom is 0.240 e. The molecule has 0 spiro atoms. The number of nitrogens with one attached hydrogen (secondary N) is 1. The summed E-state index contributed by atoms with van der Waals surface area (Å²) in [5.74, 6) is 1.12. The number of sulfonamides is 1. The third-order valence-corrected chi connectivity index (χ3v) is 5.22. The van der Waals surface area contributed by atoms with Crippen molar-refractivity contribution in [3.05, 3.63) is 18.2 Å². The molecule has 1 aliphatic heterocycles. The van der Waals surface area contributed by atoms with E-state index in [4.69, 9.17) is 9.47 Å². The van der Waals surface area contributed by atoms with Crippen LogP contribution in [0.3, 0.4) is 0 Å². The quantitative estimate of drug-likeness (QED) is 0.927. The first-order chi connectivity index (χ1) is 9.65. The summed E-state index contributed by atoms with van der Waals surface area (Å²) in [5.41, 5.74) is 0. The molecule has 0 unspecified atom stereocenters. The summed E-state index contributed by atoms with van der Waals surface area (Å²) >= 11 is 0. The van der Waals surface area contributed by atoms with Crippen molar-refractivity contribution in [1.29, 1.82) is 0 Å². The molecular formula is C14H19NO4S. The van der Waals surface area contributed by atoms with Crippen molar-refractivity contribution in [2.45, 2.75) is 43.0 Å². The van der Waals surface area contributed by atoms with Crippen molar-refractivity contribution in [2.24, 2.45) is 0 Å². The molecule has 3 rings (SSSR count). The molecule has 0 radical (unpaired) electrons. The first kappa shape index (κ1) is 13.7. The Bertz CT molecular complexity index is 579. The molecule has 6 heteroatoms. The van der Waals surface area contributed by atoms with E-state index in [-0.39, 0.29) is 10.9 Å². The zero-order valence-electron chi connectivity index (χ0n) is 11.3. The fourth-order valence-electron chi connectivity index (χ4n) is 2.64. The summed E-state index contributed by atoms with van der Waals surface area (Å²) in [6.45, 7) is 1.14. The molecule has 1 aliphatic carbocycles. The highest BCUT2D eigenvalue weighted by atomic mass is 32.2. The Labute approximate surface area is 119 Å². The summed E-state index contributed by atoms with van der Waals surface area (Å²) in [4.78, 5) is 0.244. The number of hydrogen-bond donors (Lipinski definition) is 1. The van der Waals surface area contributed by atoms with Gasteiger partial charge in [-0.3, -0.25) is 0 Å². The average Bonchev–Trinajstić information content (AvgIpc) is 2.80. The molecule has 20 heavy (non-hydrogen) atoms. The van der Waals surface area contributed by atoms with E-state index in [1.807, 2.05) is 0 Å². The molecule has 1 fully saturated rings. The van der Waals surface area contributed by atoms with Gasteiger partial charge in [-0.05, 0) is 25.0 Å². The predicted octanol–water partition coefficient (Wildman–Crippen LogP) is 2.07. The highest BCUT2D eigenvalue weighted by Crippen LogP contribution is 2.32. The van der Waals surface area contributed by atoms with Gasteiger partial charge in [0, 0.05) is 18.5 Å². The number of fused-ring (bicyclic) bond motifs is 1. The summed E-state index contributed by atoms with van der Waals surface area (Å²) in [6.07, 6.45) is 4.83. The van der Waals surface area contributed by atoms with Gasteiger partial charge in [0.2, 0.25) is 10.0 Å². The van der Waals surface area contributed by atoms with E-state index >= 15 is 0 Å². The number of benzene rings is 1. The molecule has 0 atom stereocenters. The lowest BCUT2D eigenvalue weighted by atomic mass is 10.3. The van der Waals surface area contributed by atoms with Gasteiger partial charge in [-0.1, -0.05) is 12.8 Å². The van der Waals surface area contributed by atoms with Crippen LogP contribution in [0.1, 0.15) is 32.1 Å². The minimum Gasteiger partial charge on any atom is -0.490 e.